The van der Waals surface area contributed by atoms with Crippen LogP contribution in [0.5, 0.6) is 0 Å². The fraction of sp³-hybridized carbons (Fsp3) is 0.0566. The van der Waals surface area contributed by atoms with Gasteiger partial charge in [-0.25, -0.2) is 0 Å². The van der Waals surface area contributed by atoms with Crippen LogP contribution in [0.15, 0.2) is 182 Å². The Hall–Kier alpha value is -6.50. The highest BCUT2D eigenvalue weighted by Crippen LogP contribution is 2.51. The number of fused-ring (bicyclic) bond motifs is 9. The summed E-state index contributed by atoms with van der Waals surface area (Å²) in [5, 5.41) is 12.7. The number of benzene rings is 10. The Kier molecular flexibility index (Phi) is 6.40. The van der Waals surface area contributed by atoms with Gasteiger partial charge in [-0.1, -0.05) is 172 Å². The monoisotopic (exact) mass is 672 g/mol. The zero-order chi connectivity index (χ0) is 35.3. The summed E-state index contributed by atoms with van der Waals surface area (Å²) in [7, 11) is 0. The average molecular weight is 673 g/mol. The second-order valence-corrected chi connectivity index (χ2v) is 15.2. The molecule has 0 aliphatic heterocycles. The summed E-state index contributed by atoms with van der Waals surface area (Å²) >= 11 is 0. The fourth-order valence-corrected chi connectivity index (χ4v) is 9.46. The fourth-order valence-electron chi connectivity index (χ4n) is 9.46. The second kappa shape index (κ2) is 11.2. The van der Waals surface area contributed by atoms with Gasteiger partial charge in [-0.05, 0) is 134 Å². The van der Waals surface area contributed by atoms with Gasteiger partial charge < -0.3 is 0 Å². The lowest BCUT2D eigenvalue weighted by Gasteiger charge is -2.23. The molecule has 0 heteroatoms. The lowest BCUT2D eigenvalue weighted by Crippen LogP contribution is -2.14. The van der Waals surface area contributed by atoms with Crippen LogP contribution in [0.1, 0.15) is 25.0 Å². The van der Waals surface area contributed by atoms with Crippen LogP contribution in [0.25, 0.3) is 98.4 Å². The van der Waals surface area contributed by atoms with E-state index in [0.717, 1.165) is 0 Å². The van der Waals surface area contributed by atoms with Crippen LogP contribution >= 0.6 is 0 Å². The molecule has 0 heterocycles. The van der Waals surface area contributed by atoms with Gasteiger partial charge in [-0.2, -0.15) is 0 Å². The predicted octanol–water partition coefficient (Wildman–Crippen LogP) is 14.8. The summed E-state index contributed by atoms with van der Waals surface area (Å²) in [6.45, 7) is 4.74. The predicted molar refractivity (Wildman–Crippen MR) is 228 cm³/mol. The Morgan fingerprint density at radius 3 is 1.51 bits per heavy atom. The first-order valence-electron chi connectivity index (χ1n) is 18.7. The van der Waals surface area contributed by atoms with Gasteiger partial charge in [-0.15, -0.1) is 0 Å². The molecular formula is C53H36. The topological polar surface area (TPSA) is 0 Å². The Morgan fingerprint density at radius 1 is 0.283 bits per heavy atom. The van der Waals surface area contributed by atoms with Crippen LogP contribution in [-0.2, 0) is 5.41 Å². The van der Waals surface area contributed by atoms with E-state index in [1.807, 2.05) is 0 Å². The van der Waals surface area contributed by atoms with Crippen molar-refractivity contribution in [1.82, 2.24) is 0 Å². The lowest BCUT2D eigenvalue weighted by molar-refractivity contribution is 0.660. The molecule has 0 spiro atoms. The van der Waals surface area contributed by atoms with Crippen LogP contribution in [-0.4, -0.2) is 0 Å². The van der Waals surface area contributed by atoms with Gasteiger partial charge in [0, 0.05) is 5.41 Å². The van der Waals surface area contributed by atoms with Crippen LogP contribution < -0.4 is 0 Å². The first kappa shape index (κ1) is 30.2. The molecule has 0 nitrogen and oxygen atoms in total. The first-order valence-corrected chi connectivity index (χ1v) is 18.7. The quantitative estimate of drug-likeness (QED) is 0.129. The minimum absolute atomic E-state index is 0.0600. The molecule has 1 aliphatic rings. The smallest absolute Gasteiger partial charge is 0.0159 e. The van der Waals surface area contributed by atoms with Gasteiger partial charge in [0.1, 0.15) is 0 Å². The molecule has 10 aromatic carbocycles. The summed E-state index contributed by atoms with van der Waals surface area (Å²) in [6.07, 6.45) is 0. The van der Waals surface area contributed by atoms with Gasteiger partial charge in [-0.3, -0.25) is 0 Å². The second-order valence-electron chi connectivity index (χ2n) is 15.2. The Bertz CT molecular complexity index is 3080. The van der Waals surface area contributed by atoms with Crippen molar-refractivity contribution in [3.8, 4) is 44.5 Å². The van der Waals surface area contributed by atoms with Crippen LogP contribution in [0.3, 0.4) is 0 Å². The van der Waals surface area contributed by atoms with Crippen molar-refractivity contribution in [1.29, 1.82) is 0 Å². The highest BCUT2D eigenvalue weighted by atomic mass is 14.4. The van der Waals surface area contributed by atoms with Gasteiger partial charge in [0.05, 0.1) is 0 Å². The molecule has 53 heavy (non-hydrogen) atoms. The van der Waals surface area contributed by atoms with E-state index in [-0.39, 0.29) is 5.41 Å². The molecule has 11 rings (SSSR count). The molecule has 0 aromatic heterocycles. The maximum absolute atomic E-state index is 2.47. The molecule has 0 bridgehead atoms. The minimum atomic E-state index is -0.0600. The highest BCUT2D eigenvalue weighted by molar-refractivity contribution is 6.23. The van der Waals surface area contributed by atoms with Crippen molar-refractivity contribution < 1.29 is 0 Å². The Balaban J connectivity index is 1.14. The normalized spacial score (nSPS) is 13.2. The number of rotatable bonds is 3. The maximum atomic E-state index is 2.47. The van der Waals surface area contributed by atoms with Gasteiger partial charge >= 0.3 is 0 Å². The third kappa shape index (κ3) is 4.42. The molecule has 10 aromatic rings. The molecule has 0 amide bonds. The largest absolute Gasteiger partial charge is 0.0619 e. The summed E-state index contributed by atoms with van der Waals surface area (Å²) in [5.41, 5.74) is 13.1. The van der Waals surface area contributed by atoms with Crippen LogP contribution in [0.2, 0.25) is 0 Å². The van der Waals surface area contributed by atoms with Crippen molar-refractivity contribution in [3.63, 3.8) is 0 Å². The number of hydrogen-bond acceptors (Lipinski definition) is 0. The van der Waals surface area contributed by atoms with E-state index < -0.39 is 0 Å². The van der Waals surface area contributed by atoms with Crippen molar-refractivity contribution >= 4 is 53.9 Å². The maximum Gasteiger partial charge on any atom is 0.0159 e. The summed E-state index contributed by atoms with van der Waals surface area (Å²) in [6, 6.07) is 68.0. The molecule has 0 unspecified atom stereocenters. The van der Waals surface area contributed by atoms with Crippen LogP contribution in [0, 0.1) is 0 Å². The van der Waals surface area contributed by atoms with Gasteiger partial charge in [0.2, 0.25) is 0 Å². The molecule has 0 fully saturated rings. The van der Waals surface area contributed by atoms with Gasteiger partial charge in [0.15, 0.2) is 0 Å². The molecule has 248 valence electrons. The average Bonchev–Trinajstić information content (AvgIpc) is 3.44. The van der Waals surface area contributed by atoms with E-state index in [4.69, 9.17) is 0 Å². The zero-order valence-electron chi connectivity index (χ0n) is 29.8. The third-order valence-electron chi connectivity index (χ3n) is 12.0. The van der Waals surface area contributed by atoms with Crippen molar-refractivity contribution in [2.75, 3.05) is 0 Å². The van der Waals surface area contributed by atoms with E-state index in [1.165, 1.54) is 109 Å². The Morgan fingerprint density at radius 2 is 0.792 bits per heavy atom. The minimum Gasteiger partial charge on any atom is -0.0619 e. The first-order chi connectivity index (χ1) is 26.0. The highest BCUT2D eigenvalue weighted by Gasteiger charge is 2.35. The van der Waals surface area contributed by atoms with Gasteiger partial charge in [0.25, 0.3) is 0 Å². The van der Waals surface area contributed by atoms with E-state index in [0.29, 0.717) is 0 Å². The number of hydrogen-bond donors (Lipinski definition) is 0. The Labute approximate surface area is 309 Å². The summed E-state index contributed by atoms with van der Waals surface area (Å²) < 4.78 is 0. The molecule has 0 saturated heterocycles. The molecular weight excluding hydrogens is 637 g/mol. The molecule has 0 saturated carbocycles. The van der Waals surface area contributed by atoms with E-state index >= 15 is 0 Å². The van der Waals surface area contributed by atoms with E-state index in [9.17, 15) is 0 Å². The third-order valence-corrected chi connectivity index (χ3v) is 12.0. The van der Waals surface area contributed by atoms with Crippen molar-refractivity contribution in [3.05, 3.63) is 193 Å². The van der Waals surface area contributed by atoms with E-state index in [2.05, 4.69) is 196 Å². The standard InChI is InChI=1S/C53H36/c1-53(2)49-22-12-11-17-41(49)42-28-27-38(32-50(42)53)52-45-20-9-7-18-43(45)51(44-19-8-10-21-46(44)52)37-26-25-36-30-47(39-15-5-6-16-40(39)48(36)31-37)35-24-23-33-13-3-4-14-34(33)29-35/h3-32H,1-2H3. The summed E-state index contributed by atoms with van der Waals surface area (Å²) in [5.74, 6) is 0. The summed E-state index contributed by atoms with van der Waals surface area (Å²) in [4.78, 5) is 0. The zero-order valence-corrected chi connectivity index (χ0v) is 29.8. The lowest BCUT2D eigenvalue weighted by atomic mass is 9.80. The molecule has 0 N–H and O–H groups in total. The molecule has 1 aliphatic carbocycles. The van der Waals surface area contributed by atoms with E-state index in [1.54, 1.807) is 0 Å². The van der Waals surface area contributed by atoms with Crippen LogP contribution in [0.4, 0.5) is 0 Å². The SMILES string of the molecule is CC1(C)c2ccccc2-c2ccc(-c3c4ccccc4c(-c4ccc5cc(-c6ccc7ccccc7c6)c6ccccc6c5c4)c4ccccc34)cc21. The van der Waals surface area contributed by atoms with Crippen molar-refractivity contribution in [2.45, 2.75) is 19.3 Å². The molecule has 0 atom stereocenters. The molecule has 0 radical (unpaired) electrons. The van der Waals surface area contributed by atoms with Crippen molar-refractivity contribution in [2.24, 2.45) is 0 Å².